The molecule has 0 heterocycles. The molecule has 0 fully saturated rings. The van der Waals surface area contributed by atoms with Gasteiger partial charge in [0.25, 0.3) is 5.91 Å². The number of rotatable bonds is 10. The molecule has 2 aromatic rings. The van der Waals surface area contributed by atoms with Crippen LogP contribution in [0.4, 0.5) is 15.3 Å². The van der Waals surface area contributed by atoms with Crippen molar-refractivity contribution in [1.82, 2.24) is 10.6 Å². The van der Waals surface area contributed by atoms with E-state index in [4.69, 9.17) is 26.2 Å². The van der Waals surface area contributed by atoms with Crippen molar-refractivity contribution in [2.24, 2.45) is 0 Å². The number of anilines is 1. The molecule has 0 aliphatic carbocycles. The maximum Gasteiger partial charge on any atom is 0.505 e. The number of halogens is 1. The number of benzene rings is 2. The second kappa shape index (κ2) is 12.9. The van der Waals surface area contributed by atoms with Gasteiger partial charge in [0.2, 0.25) is 0 Å². The molecule has 2 aromatic carbocycles. The van der Waals surface area contributed by atoms with Gasteiger partial charge in [0.05, 0.1) is 17.7 Å². The first kappa shape index (κ1) is 27.8. The van der Waals surface area contributed by atoms with Crippen LogP contribution in [0.5, 0.6) is 5.75 Å². The Morgan fingerprint density at radius 2 is 1.77 bits per heavy atom. The fraction of sp³-hybridized carbons (Fsp3) is 0.400. The largest absolute Gasteiger partial charge is 0.505 e. The lowest BCUT2D eigenvalue weighted by molar-refractivity contribution is 0.0749. The molecule has 9 nitrogen and oxygen atoms in total. The topological polar surface area (TPSA) is 126 Å². The highest BCUT2D eigenvalue weighted by atomic mass is 35.5. The van der Waals surface area contributed by atoms with Gasteiger partial charge in [-0.25, -0.2) is 9.59 Å². The molecule has 0 saturated heterocycles. The van der Waals surface area contributed by atoms with Crippen molar-refractivity contribution in [3.63, 3.8) is 0 Å². The van der Waals surface area contributed by atoms with Crippen LogP contribution in [-0.4, -0.2) is 48.0 Å². The van der Waals surface area contributed by atoms with Gasteiger partial charge in [-0.3, -0.25) is 4.79 Å². The standard InChI is InChI=1S/C25H32ClN3O6/c1-5-12-34-21-11-8-17(14-20(21)26)22(30)27-19(15-35-24(32)33)13-16-6-9-18(10-7-16)28-23(31)29-25(2,3)4/h6-11,14,19H,5,12-13,15H2,1-4H3,(H,27,30)(H,32,33)(H2,28,29,31)/t19-/m0/s1. The highest BCUT2D eigenvalue weighted by Gasteiger charge is 2.18. The molecule has 2 rings (SSSR count). The van der Waals surface area contributed by atoms with Gasteiger partial charge >= 0.3 is 12.2 Å². The summed E-state index contributed by atoms with van der Waals surface area (Å²) in [5.74, 6) is 0.0609. The van der Waals surface area contributed by atoms with Crippen molar-refractivity contribution in [3.05, 3.63) is 58.6 Å². The van der Waals surface area contributed by atoms with E-state index in [1.807, 2.05) is 27.7 Å². The lowest BCUT2D eigenvalue weighted by Crippen LogP contribution is -2.43. The number of hydrogen-bond donors (Lipinski definition) is 4. The van der Waals surface area contributed by atoms with Gasteiger partial charge in [-0.15, -0.1) is 0 Å². The fourth-order valence-corrected chi connectivity index (χ4v) is 3.31. The van der Waals surface area contributed by atoms with E-state index in [1.54, 1.807) is 36.4 Å². The monoisotopic (exact) mass is 505 g/mol. The molecule has 35 heavy (non-hydrogen) atoms. The summed E-state index contributed by atoms with van der Waals surface area (Å²) in [6.45, 7) is 7.89. The predicted octanol–water partition coefficient (Wildman–Crippen LogP) is 5.08. The SMILES string of the molecule is CCCOc1ccc(C(=O)N[C@H](COC(=O)O)Cc2ccc(NC(=O)NC(C)(C)C)cc2)cc1Cl. The number of carboxylic acid groups (broad SMARTS) is 1. The van der Waals surface area contributed by atoms with E-state index >= 15 is 0 Å². The van der Waals surface area contributed by atoms with Gasteiger partial charge in [-0.2, -0.15) is 0 Å². The van der Waals surface area contributed by atoms with Crippen molar-refractivity contribution >= 4 is 35.4 Å². The second-order valence-electron chi connectivity index (χ2n) is 8.97. The quantitative estimate of drug-likeness (QED) is 0.333. The number of carbonyl (C=O) groups is 3. The first-order valence-electron chi connectivity index (χ1n) is 11.2. The number of ether oxygens (including phenoxy) is 2. The second-order valence-corrected chi connectivity index (χ2v) is 9.38. The van der Waals surface area contributed by atoms with Gasteiger partial charge < -0.3 is 30.5 Å². The van der Waals surface area contributed by atoms with Crippen LogP contribution in [0, 0.1) is 0 Å². The third kappa shape index (κ3) is 10.1. The maximum absolute atomic E-state index is 12.8. The average Bonchev–Trinajstić information content (AvgIpc) is 2.76. The van der Waals surface area contributed by atoms with Crippen molar-refractivity contribution in [1.29, 1.82) is 0 Å². The van der Waals surface area contributed by atoms with Crippen LogP contribution in [0.15, 0.2) is 42.5 Å². The average molecular weight is 506 g/mol. The summed E-state index contributed by atoms with van der Waals surface area (Å²) in [5.41, 5.74) is 1.35. The normalized spacial score (nSPS) is 11.8. The molecule has 0 saturated carbocycles. The highest BCUT2D eigenvalue weighted by Crippen LogP contribution is 2.25. The van der Waals surface area contributed by atoms with Crippen molar-refractivity contribution in [2.75, 3.05) is 18.5 Å². The Balaban J connectivity index is 2.06. The van der Waals surface area contributed by atoms with Crippen LogP contribution in [0.25, 0.3) is 0 Å². The van der Waals surface area contributed by atoms with E-state index < -0.39 is 18.1 Å². The fourth-order valence-electron chi connectivity index (χ4n) is 3.08. The van der Waals surface area contributed by atoms with E-state index in [9.17, 15) is 14.4 Å². The molecule has 0 spiro atoms. The molecule has 0 bridgehead atoms. The molecule has 10 heteroatoms. The van der Waals surface area contributed by atoms with Gasteiger partial charge in [0.1, 0.15) is 12.4 Å². The third-order valence-corrected chi connectivity index (χ3v) is 4.88. The Bertz CT molecular complexity index is 1020. The van der Waals surface area contributed by atoms with Crippen molar-refractivity contribution in [3.8, 4) is 5.75 Å². The van der Waals surface area contributed by atoms with Crippen LogP contribution >= 0.6 is 11.6 Å². The zero-order valence-electron chi connectivity index (χ0n) is 20.3. The minimum Gasteiger partial charge on any atom is -0.492 e. The van der Waals surface area contributed by atoms with Crippen molar-refractivity contribution < 1.29 is 29.0 Å². The molecular weight excluding hydrogens is 474 g/mol. The molecule has 3 amide bonds. The molecule has 0 aromatic heterocycles. The molecule has 0 unspecified atom stereocenters. The smallest absolute Gasteiger partial charge is 0.492 e. The first-order valence-corrected chi connectivity index (χ1v) is 11.6. The van der Waals surface area contributed by atoms with Crippen LogP contribution in [-0.2, 0) is 11.2 Å². The van der Waals surface area contributed by atoms with Gasteiger partial charge in [-0.1, -0.05) is 30.7 Å². The number of carbonyl (C=O) groups excluding carboxylic acids is 2. The number of urea groups is 1. The lowest BCUT2D eigenvalue weighted by Gasteiger charge is -2.21. The first-order chi connectivity index (χ1) is 16.5. The Hall–Kier alpha value is -3.46. The minimum absolute atomic E-state index is 0.236. The van der Waals surface area contributed by atoms with E-state index in [-0.39, 0.29) is 18.2 Å². The molecule has 0 aliphatic heterocycles. The zero-order chi connectivity index (χ0) is 26.0. The zero-order valence-corrected chi connectivity index (χ0v) is 21.1. The summed E-state index contributed by atoms with van der Waals surface area (Å²) in [4.78, 5) is 35.7. The van der Waals surface area contributed by atoms with Gasteiger partial charge in [-0.05, 0) is 69.5 Å². The summed E-state index contributed by atoms with van der Waals surface area (Å²) in [7, 11) is 0. The molecule has 4 N–H and O–H groups in total. The number of amides is 3. The summed E-state index contributed by atoms with van der Waals surface area (Å²) in [5, 5.41) is 17.6. The van der Waals surface area contributed by atoms with E-state index in [0.717, 1.165) is 12.0 Å². The molecule has 0 aliphatic rings. The molecule has 1 atom stereocenters. The Kier molecular flexibility index (Phi) is 10.2. The molecule has 190 valence electrons. The Morgan fingerprint density at radius 1 is 1.09 bits per heavy atom. The maximum atomic E-state index is 12.8. The minimum atomic E-state index is -1.44. The number of hydrogen-bond acceptors (Lipinski definition) is 5. The van der Waals surface area contributed by atoms with Crippen LogP contribution in [0.3, 0.4) is 0 Å². The van der Waals surface area contributed by atoms with Crippen molar-refractivity contribution in [2.45, 2.75) is 52.1 Å². The van der Waals surface area contributed by atoms with Crippen LogP contribution in [0.2, 0.25) is 5.02 Å². The van der Waals surface area contributed by atoms with Crippen LogP contribution in [0.1, 0.15) is 50.0 Å². The third-order valence-electron chi connectivity index (χ3n) is 4.58. The Labute approximate surface area is 210 Å². The van der Waals surface area contributed by atoms with E-state index in [2.05, 4.69) is 16.0 Å². The van der Waals surface area contributed by atoms with Gasteiger partial charge in [0.15, 0.2) is 0 Å². The Morgan fingerprint density at radius 3 is 2.34 bits per heavy atom. The summed E-state index contributed by atoms with van der Waals surface area (Å²) in [6, 6.07) is 10.8. The van der Waals surface area contributed by atoms with Crippen LogP contribution < -0.4 is 20.7 Å². The van der Waals surface area contributed by atoms with E-state index in [0.29, 0.717) is 35.1 Å². The van der Waals surface area contributed by atoms with E-state index in [1.165, 1.54) is 6.07 Å². The molecular formula is C25H32ClN3O6. The highest BCUT2D eigenvalue weighted by molar-refractivity contribution is 6.32. The summed E-state index contributed by atoms with van der Waals surface area (Å²) < 4.78 is 10.2. The number of nitrogens with one attached hydrogen (secondary N) is 3. The lowest BCUT2D eigenvalue weighted by atomic mass is 10.1. The van der Waals surface area contributed by atoms with Gasteiger partial charge in [0, 0.05) is 16.8 Å². The summed E-state index contributed by atoms with van der Waals surface area (Å²) >= 11 is 6.22. The summed E-state index contributed by atoms with van der Waals surface area (Å²) in [6.07, 6.45) is -0.307. The molecule has 0 radical (unpaired) electrons. The predicted molar refractivity (Wildman–Crippen MR) is 135 cm³/mol.